The molecule has 7 heteroatoms. The number of carbonyl (C=O) groups excluding carboxylic acids is 2. The van der Waals surface area contributed by atoms with Gasteiger partial charge >= 0.3 is 0 Å². The van der Waals surface area contributed by atoms with Crippen LogP contribution in [0.25, 0.3) is 0 Å². The van der Waals surface area contributed by atoms with E-state index in [1.807, 2.05) is 0 Å². The molecule has 0 spiro atoms. The normalized spacial score (nSPS) is 15.2. The van der Waals surface area contributed by atoms with E-state index in [0.29, 0.717) is 17.3 Å². The van der Waals surface area contributed by atoms with Crippen LogP contribution in [0, 0.1) is 0 Å². The van der Waals surface area contributed by atoms with Crippen LogP contribution >= 0.6 is 11.6 Å². The number of benzene rings is 1. The van der Waals surface area contributed by atoms with Crippen molar-refractivity contribution in [3.63, 3.8) is 0 Å². The van der Waals surface area contributed by atoms with Crippen molar-refractivity contribution >= 4 is 29.1 Å². The van der Waals surface area contributed by atoms with Crippen LogP contribution in [-0.4, -0.2) is 67.6 Å². The van der Waals surface area contributed by atoms with Crippen molar-refractivity contribution in [2.45, 2.75) is 6.92 Å². The van der Waals surface area contributed by atoms with Crippen molar-refractivity contribution in [3.8, 4) is 0 Å². The Hall–Kier alpha value is -1.63. The second kappa shape index (κ2) is 8.86. The number of hydrogen-bond donors (Lipinski definition) is 1. The van der Waals surface area contributed by atoms with Crippen molar-refractivity contribution in [1.82, 2.24) is 9.80 Å². The van der Waals surface area contributed by atoms with Gasteiger partial charge < -0.3 is 15.0 Å². The number of morpholine rings is 1. The lowest BCUT2D eigenvalue weighted by Crippen LogP contribution is -2.44. The Balaban J connectivity index is 1.81. The third-order valence-electron chi connectivity index (χ3n) is 3.70. The van der Waals surface area contributed by atoms with Gasteiger partial charge in [0.2, 0.25) is 11.8 Å². The monoisotopic (exact) mass is 339 g/mol. The first-order valence-electron chi connectivity index (χ1n) is 7.65. The third-order valence-corrected chi connectivity index (χ3v) is 3.95. The molecule has 0 radical (unpaired) electrons. The molecule has 1 N–H and O–H groups in total. The van der Waals surface area contributed by atoms with Crippen molar-refractivity contribution < 1.29 is 14.3 Å². The Morgan fingerprint density at radius 3 is 2.52 bits per heavy atom. The van der Waals surface area contributed by atoms with Gasteiger partial charge in [0.25, 0.3) is 0 Å². The third kappa shape index (κ3) is 6.17. The highest BCUT2D eigenvalue weighted by atomic mass is 35.5. The molecule has 1 saturated heterocycles. The Morgan fingerprint density at radius 1 is 1.26 bits per heavy atom. The summed E-state index contributed by atoms with van der Waals surface area (Å²) >= 11 is 5.81. The molecule has 1 fully saturated rings. The van der Waals surface area contributed by atoms with E-state index in [1.165, 1.54) is 6.92 Å². The molecule has 0 saturated carbocycles. The minimum Gasteiger partial charge on any atom is -0.379 e. The number of amides is 2. The molecule has 6 nitrogen and oxygen atoms in total. The Bertz CT molecular complexity index is 530. The summed E-state index contributed by atoms with van der Waals surface area (Å²) in [5, 5.41) is 3.38. The van der Waals surface area contributed by atoms with Gasteiger partial charge in [-0.1, -0.05) is 11.6 Å². The van der Waals surface area contributed by atoms with Gasteiger partial charge in [0.05, 0.1) is 19.8 Å². The highest BCUT2D eigenvalue weighted by Gasteiger charge is 2.16. The molecule has 0 atom stereocenters. The molecule has 1 aromatic rings. The van der Waals surface area contributed by atoms with E-state index in [9.17, 15) is 9.59 Å². The van der Waals surface area contributed by atoms with Crippen LogP contribution in [0.15, 0.2) is 24.3 Å². The Labute approximate surface area is 141 Å². The van der Waals surface area contributed by atoms with E-state index in [-0.39, 0.29) is 18.4 Å². The van der Waals surface area contributed by atoms with Gasteiger partial charge in [-0.25, -0.2) is 0 Å². The quantitative estimate of drug-likeness (QED) is 0.852. The van der Waals surface area contributed by atoms with Crippen LogP contribution in [0.2, 0.25) is 5.02 Å². The number of hydrogen-bond acceptors (Lipinski definition) is 4. The van der Waals surface area contributed by atoms with E-state index >= 15 is 0 Å². The molecule has 23 heavy (non-hydrogen) atoms. The van der Waals surface area contributed by atoms with Gasteiger partial charge in [-0.05, 0) is 24.3 Å². The fraction of sp³-hybridized carbons (Fsp3) is 0.500. The average Bonchev–Trinajstić information content (AvgIpc) is 2.54. The summed E-state index contributed by atoms with van der Waals surface area (Å²) in [7, 11) is 0. The highest BCUT2D eigenvalue weighted by molar-refractivity contribution is 6.30. The fourth-order valence-corrected chi connectivity index (χ4v) is 2.47. The maximum atomic E-state index is 12.1. The molecule has 2 amide bonds. The van der Waals surface area contributed by atoms with Crippen LogP contribution in [0.5, 0.6) is 0 Å². The smallest absolute Gasteiger partial charge is 0.243 e. The lowest BCUT2D eigenvalue weighted by Gasteiger charge is -2.29. The summed E-state index contributed by atoms with van der Waals surface area (Å²) in [6.07, 6.45) is 0. The molecule has 0 aliphatic carbocycles. The topological polar surface area (TPSA) is 61.9 Å². The average molecular weight is 340 g/mol. The summed E-state index contributed by atoms with van der Waals surface area (Å²) in [5.74, 6) is -0.325. The summed E-state index contributed by atoms with van der Waals surface area (Å²) in [6.45, 7) is 5.97. The number of halogens is 1. The second-order valence-electron chi connectivity index (χ2n) is 5.45. The minimum absolute atomic E-state index is 0.0439. The number of anilines is 1. The number of ether oxygens (including phenoxy) is 1. The van der Waals surface area contributed by atoms with E-state index in [1.54, 1.807) is 29.2 Å². The van der Waals surface area contributed by atoms with Crippen molar-refractivity contribution in [3.05, 3.63) is 29.3 Å². The molecule has 1 heterocycles. The number of nitrogens with one attached hydrogen (secondary N) is 1. The van der Waals surface area contributed by atoms with E-state index in [4.69, 9.17) is 16.3 Å². The van der Waals surface area contributed by atoms with E-state index in [2.05, 4.69) is 10.2 Å². The number of carbonyl (C=O) groups is 2. The van der Waals surface area contributed by atoms with E-state index < -0.39 is 0 Å². The standard InChI is InChI=1S/C16H22ClN3O3/c1-13(21)20(7-6-19-8-10-23-11-9-19)12-16(22)18-15-4-2-14(17)3-5-15/h2-5H,6-12H2,1H3,(H,18,22). The highest BCUT2D eigenvalue weighted by Crippen LogP contribution is 2.13. The SMILES string of the molecule is CC(=O)N(CCN1CCOCC1)CC(=O)Nc1ccc(Cl)cc1. The number of nitrogens with zero attached hydrogens (tertiary/aromatic N) is 2. The molecule has 1 aliphatic heterocycles. The van der Waals surface area contributed by atoms with Gasteiger partial charge in [0.15, 0.2) is 0 Å². The first-order valence-corrected chi connectivity index (χ1v) is 8.03. The Kier molecular flexibility index (Phi) is 6.83. The minimum atomic E-state index is -0.218. The summed E-state index contributed by atoms with van der Waals surface area (Å²) < 4.78 is 5.30. The lowest BCUT2D eigenvalue weighted by molar-refractivity contribution is -0.133. The zero-order chi connectivity index (χ0) is 16.7. The first-order chi connectivity index (χ1) is 11.0. The molecule has 0 aromatic heterocycles. The molecule has 2 rings (SSSR count). The molecule has 0 bridgehead atoms. The maximum absolute atomic E-state index is 12.1. The van der Waals surface area contributed by atoms with E-state index in [0.717, 1.165) is 32.8 Å². The van der Waals surface area contributed by atoms with Crippen LogP contribution < -0.4 is 5.32 Å². The molecule has 126 valence electrons. The maximum Gasteiger partial charge on any atom is 0.243 e. The molecule has 0 unspecified atom stereocenters. The zero-order valence-electron chi connectivity index (χ0n) is 13.3. The van der Waals surface area contributed by atoms with Crippen LogP contribution in [0.1, 0.15) is 6.92 Å². The van der Waals surface area contributed by atoms with Crippen LogP contribution in [0.3, 0.4) is 0 Å². The zero-order valence-corrected chi connectivity index (χ0v) is 14.0. The van der Waals surface area contributed by atoms with Crippen molar-refractivity contribution in [1.29, 1.82) is 0 Å². The van der Waals surface area contributed by atoms with Gasteiger partial charge in [0, 0.05) is 43.8 Å². The predicted molar refractivity (Wildman–Crippen MR) is 89.6 cm³/mol. The van der Waals surface area contributed by atoms with Gasteiger partial charge in [0.1, 0.15) is 0 Å². The summed E-state index contributed by atoms with van der Waals surface area (Å²) in [6, 6.07) is 6.87. The van der Waals surface area contributed by atoms with Crippen molar-refractivity contribution in [2.24, 2.45) is 0 Å². The lowest BCUT2D eigenvalue weighted by atomic mass is 10.3. The Morgan fingerprint density at radius 2 is 1.91 bits per heavy atom. The first kappa shape index (κ1) is 17.7. The fourth-order valence-electron chi connectivity index (χ4n) is 2.34. The van der Waals surface area contributed by atoms with Gasteiger partial charge in [-0.3, -0.25) is 14.5 Å². The molecular weight excluding hydrogens is 318 g/mol. The summed E-state index contributed by atoms with van der Waals surface area (Å²) in [5.41, 5.74) is 0.663. The largest absolute Gasteiger partial charge is 0.379 e. The number of rotatable bonds is 6. The van der Waals surface area contributed by atoms with Gasteiger partial charge in [-0.2, -0.15) is 0 Å². The predicted octanol–water partition coefficient (Wildman–Crippen LogP) is 1.46. The molecular formula is C16H22ClN3O3. The van der Waals surface area contributed by atoms with Gasteiger partial charge in [-0.15, -0.1) is 0 Å². The molecule has 1 aromatic carbocycles. The second-order valence-corrected chi connectivity index (χ2v) is 5.89. The molecule has 1 aliphatic rings. The van der Waals surface area contributed by atoms with Crippen LogP contribution in [-0.2, 0) is 14.3 Å². The summed E-state index contributed by atoms with van der Waals surface area (Å²) in [4.78, 5) is 27.6. The van der Waals surface area contributed by atoms with Crippen LogP contribution in [0.4, 0.5) is 5.69 Å². The van der Waals surface area contributed by atoms with Crippen molar-refractivity contribution in [2.75, 3.05) is 51.3 Å².